The minimum atomic E-state index is -0.905. The molecular formula is C23H29N5O3S. The predicted octanol–water partition coefficient (Wildman–Crippen LogP) is 2.33. The highest BCUT2D eigenvalue weighted by Gasteiger charge is 2.42. The molecule has 1 fully saturated rings. The molecule has 3 aliphatic heterocycles. The summed E-state index contributed by atoms with van der Waals surface area (Å²) in [6, 6.07) is 6.39. The average molecular weight is 456 g/mol. The molecule has 9 heteroatoms. The summed E-state index contributed by atoms with van der Waals surface area (Å²) in [5.74, 6) is -0.905. The highest BCUT2D eigenvalue weighted by Crippen LogP contribution is 2.38. The number of hydrogen-bond donors (Lipinski definition) is 4. The van der Waals surface area contributed by atoms with Crippen LogP contribution in [0.25, 0.3) is 10.9 Å². The summed E-state index contributed by atoms with van der Waals surface area (Å²) >= 11 is 1.57. The van der Waals surface area contributed by atoms with E-state index in [9.17, 15) is 14.7 Å². The zero-order valence-electron chi connectivity index (χ0n) is 18.2. The Balaban J connectivity index is 1.26. The van der Waals surface area contributed by atoms with Crippen LogP contribution in [0.15, 0.2) is 34.1 Å². The van der Waals surface area contributed by atoms with Crippen LogP contribution in [0.4, 0.5) is 5.69 Å². The van der Waals surface area contributed by atoms with Crippen molar-refractivity contribution >= 4 is 34.3 Å². The second-order valence-corrected chi connectivity index (χ2v) is 9.85. The molecule has 1 aromatic heterocycles. The summed E-state index contributed by atoms with van der Waals surface area (Å²) in [5, 5.41) is 18.8. The molecule has 170 valence electrons. The highest BCUT2D eigenvalue weighted by molar-refractivity contribution is 8.03. The van der Waals surface area contributed by atoms with E-state index in [1.807, 2.05) is 0 Å². The molecule has 0 aliphatic carbocycles. The molecule has 2 aromatic rings. The van der Waals surface area contributed by atoms with Crippen LogP contribution in [0.3, 0.4) is 0 Å². The van der Waals surface area contributed by atoms with Crippen molar-refractivity contribution in [3.05, 3.63) is 50.8 Å². The number of rotatable bonds is 5. The lowest BCUT2D eigenvalue weighted by molar-refractivity contribution is -0.133. The number of nitrogens with one attached hydrogen (secondary N) is 3. The van der Waals surface area contributed by atoms with E-state index in [-0.39, 0.29) is 16.3 Å². The number of piperazine rings is 1. The molecule has 3 aliphatic rings. The molecule has 4 heterocycles. The Bertz CT molecular complexity index is 1140. The Kier molecular flexibility index (Phi) is 5.65. The molecule has 1 unspecified atom stereocenters. The lowest BCUT2D eigenvalue weighted by Crippen LogP contribution is -2.60. The summed E-state index contributed by atoms with van der Waals surface area (Å²) in [6.45, 7) is 7.39. The van der Waals surface area contributed by atoms with Gasteiger partial charge in [-0.1, -0.05) is 30.8 Å². The molecule has 1 saturated heterocycles. The van der Waals surface area contributed by atoms with Crippen molar-refractivity contribution in [3.63, 3.8) is 0 Å². The first-order chi connectivity index (χ1) is 15.5. The lowest BCUT2D eigenvalue weighted by atomic mass is 10.0. The molecule has 1 aromatic carbocycles. The number of anilines is 1. The van der Waals surface area contributed by atoms with Crippen molar-refractivity contribution in [3.8, 4) is 0 Å². The van der Waals surface area contributed by atoms with Crippen LogP contribution in [0, 0.1) is 0 Å². The topological polar surface area (TPSA) is 101 Å². The van der Waals surface area contributed by atoms with Crippen LogP contribution >= 0.6 is 11.8 Å². The summed E-state index contributed by atoms with van der Waals surface area (Å²) < 4.78 is 0. The number of carboxylic acid groups (broad SMARTS) is 1. The number of fused-ring (bicyclic) bond motifs is 3. The van der Waals surface area contributed by atoms with E-state index in [1.54, 1.807) is 17.2 Å². The van der Waals surface area contributed by atoms with E-state index in [1.165, 1.54) is 5.56 Å². The first-order valence-electron chi connectivity index (χ1n) is 11.3. The van der Waals surface area contributed by atoms with Crippen LogP contribution in [0.5, 0.6) is 0 Å². The lowest BCUT2D eigenvalue weighted by Gasteiger charge is -2.45. The monoisotopic (exact) mass is 455 g/mol. The van der Waals surface area contributed by atoms with E-state index in [0.29, 0.717) is 0 Å². The van der Waals surface area contributed by atoms with Crippen LogP contribution in [0.2, 0.25) is 0 Å². The van der Waals surface area contributed by atoms with Crippen molar-refractivity contribution in [1.82, 2.24) is 20.1 Å². The summed E-state index contributed by atoms with van der Waals surface area (Å²) in [7, 11) is 0. The maximum atomic E-state index is 12.5. The molecule has 8 nitrogen and oxygen atoms in total. The Morgan fingerprint density at radius 3 is 2.78 bits per heavy atom. The zero-order valence-corrected chi connectivity index (χ0v) is 19.1. The van der Waals surface area contributed by atoms with Gasteiger partial charge >= 0.3 is 5.97 Å². The second-order valence-electron chi connectivity index (χ2n) is 8.70. The van der Waals surface area contributed by atoms with Crippen LogP contribution < -0.4 is 16.2 Å². The third kappa shape index (κ3) is 3.78. The first kappa shape index (κ1) is 21.4. The Labute approximate surface area is 191 Å². The van der Waals surface area contributed by atoms with E-state index in [2.05, 4.69) is 50.5 Å². The number of aromatic nitrogens is 1. The van der Waals surface area contributed by atoms with Gasteiger partial charge in [-0.05, 0) is 30.9 Å². The van der Waals surface area contributed by atoms with Gasteiger partial charge in [0.15, 0.2) is 0 Å². The molecule has 0 bridgehead atoms. The van der Waals surface area contributed by atoms with Crippen LogP contribution in [0.1, 0.15) is 30.9 Å². The molecule has 0 spiro atoms. The second kappa shape index (κ2) is 8.46. The standard InChI is InChI=1S/C23H29N5O3S/c1-2-23(26-19(14-32-23)22(30)31)28-10-8-27(9-11-28)13-15-5-6-16-18(12-15)25-21(29)17-4-3-7-24-20(16)17/h5-6,12,14,24,26H,2-4,7-11,13H2,1H3,(H,25,29)(H,30,31). The third-order valence-electron chi connectivity index (χ3n) is 6.78. The Morgan fingerprint density at radius 2 is 2.06 bits per heavy atom. The number of hydrogen-bond acceptors (Lipinski definition) is 7. The largest absolute Gasteiger partial charge is 0.477 e. The van der Waals surface area contributed by atoms with Crippen molar-refractivity contribution in [1.29, 1.82) is 0 Å². The Morgan fingerprint density at radius 1 is 1.25 bits per heavy atom. The quantitative estimate of drug-likeness (QED) is 0.545. The van der Waals surface area contributed by atoms with Gasteiger partial charge in [0.05, 0.1) is 11.2 Å². The molecule has 5 rings (SSSR count). The number of thioether (sulfide) groups is 1. The fourth-order valence-corrected chi connectivity index (χ4v) is 6.15. The molecule has 0 radical (unpaired) electrons. The van der Waals surface area contributed by atoms with Gasteiger partial charge in [-0.2, -0.15) is 0 Å². The predicted molar refractivity (Wildman–Crippen MR) is 128 cm³/mol. The number of carbonyl (C=O) groups is 1. The Hall–Kier alpha value is -2.49. The number of aromatic amines is 1. The third-order valence-corrected chi connectivity index (χ3v) is 8.18. The van der Waals surface area contributed by atoms with Crippen molar-refractivity contribution in [2.45, 2.75) is 37.7 Å². The fourth-order valence-electron chi connectivity index (χ4n) is 5.01. The van der Waals surface area contributed by atoms with Gasteiger partial charge in [-0.3, -0.25) is 14.6 Å². The number of benzene rings is 1. The fraction of sp³-hybridized carbons (Fsp3) is 0.478. The number of H-pyrrole nitrogens is 1. The van der Waals surface area contributed by atoms with Gasteiger partial charge in [0.1, 0.15) is 10.7 Å². The van der Waals surface area contributed by atoms with Crippen LogP contribution in [-0.4, -0.2) is 63.6 Å². The normalized spacial score (nSPS) is 24.0. The maximum absolute atomic E-state index is 12.5. The van der Waals surface area contributed by atoms with Gasteiger partial charge < -0.3 is 20.7 Å². The van der Waals surface area contributed by atoms with E-state index in [4.69, 9.17) is 0 Å². The van der Waals surface area contributed by atoms with Crippen molar-refractivity contribution < 1.29 is 9.90 Å². The summed E-state index contributed by atoms with van der Waals surface area (Å²) in [6.07, 6.45) is 2.64. The molecule has 32 heavy (non-hydrogen) atoms. The molecule has 1 atom stereocenters. The molecule has 4 N–H and O–H groups in total. The first-order valence-corrected chi connectivity index (χ1v) is 12.2. The smallest absolute Gasteiger partial charge is 0.352 e. The molecule has 0 amide bonds. The van der Waals surface area contributed by atoms with Gasteiger partial charge in [-0.25, -0.2) is 4.79 Å². The minimum absolute atomic E-state index is 0.0197. The van der Waals surface area contributed by atoms with Gasteiger partial charge in [0, 0.05) is 55.6 Å². The number of nitrogens with zero attached hydrogens (tertiary/aromatic N) is 2. The summed E-state index contributed by atoms with van der Waals surface area (Å²) in [5.41, 5.74) is 4.24. The molecule has 0 saturated carbocycles. The van der Waals surface area contributed by atoms with Gasteiger partial charge in [0.2, 0.25) is 0 Å². The van der Waals surface area contributed by atoms with Gasteiger partial charge in [-0.15, -0.1) is 0 Å². The van der Waals surface area contributed by atoms with E-state index < -0.39 is 5.97 Å². The SMILES string of the molecule is CCC1(N2CCN(Cc3ccc4c5c(c(=O)[nH]c4c3)CCCN5)CC2)NC(C(=O)O)=CS1. The zero-order chi connectivity index (χ0) is 22.3. The van der Waals surface area contributed by atoms with Gasteiger partial charge in [0.25, 0.3) is 5.56 Å². The minimum Gasteiger partial charge on any atom is -0.477 e. The number of carboxylic acids is 1. The van der Waals surface area contributed by atoms with E-state index >= 15 is 0 Å². The van der Waals surface area contributed by atoms with Crippen molar-refractivity contribution in [2.24, 2.45) is 0 Å². The average Bonchev–Trinajstić information content (AvgIpc) is 3.26. The maximum Gasteiger partial charge on any atom is 0.352 e. The van der Waals surface area contributed by atoms with Crippen LogP contribution in [-0.2, 0) is 17.8 Å². The number of pyridine rings is 1. The molecular weight excluding hydrogens is 426 g/mol. The number of aliphatic carboxylic acids is 1. The van der Waals surface area contributed by atoms with Crippen molar-refractivity contribution in [2.75, 3.05) is 38.0 Å². The summed E-state index contributed by atoms with van der Waals surface area (Å²) in [4.78, 5) is 31.3. The highest BCUT2D eigenvalue weighted by atomic mass is 32.2. The van der Waals surface area contributed by atoms with E-state index in [0.717, 1.165) is 80.7 Å².